The zero-order chi connectivity index (χ0) is 17.5. The highest BCUT2D eigenvalue weighted by molar-refractivity contribution is 5.91. The van der Waals surface area contributed by atoms with Crippen molar-refractivity contribution >= 4 is 17.7 Å². The van der Waals surface area contributed by atoms with E-state index in [1.165, 1.54) is 54.6 Å². The van der Waals surface area contributed by atoms with Gasteiger partial charge in [-0.15, -0.1) is 0 Å². The van der Waals surface area contributed by atoms with Crippen LogP contribution in [0.4, 0.5) is 10.1 Å². The molecule has 0 aliphatic rings. The first-order valence-corrected chi connectivity index (χ1v) is 7.10. The van der Waals surface area contributed by atoms with Crippen molar-refractivity contribution in [3.8, 4) is 0 Å². The number of rotatable bonds is 6. The second-order valence-corrected chi connectivity index (χ2v) is 4.96. The number of carbonyl (C=O) groups is 1. The number of aliphatic hydroxyl groups excluding tert-OH is 1. The first-order valence-electron chi connectivity index (χ1n) is 7.10. The highest BCUT2D eigenvalue weighted by Gasteiger charge is 2.12. The standard InChI is InChI=1S/C17H15FN2O4/c18-15-4-2-1-3-14(15)16(21)11-19-17(22)10-7-12-5-8-13(9-6-12)20(23)24/h1-10,16,21H,11H2,(H,19,22)/b10-7+. The van der Waals surface area contributed by atoms with Crippen LogP contribution in [0.25, 0.3) is 6.08 Å². The molecule has 0 heterocycles. The van der Waals surface area contributed by atoms with E-state index >= 15 is 0 Å². The Morgan fingerprint density at radius 2 is 1.92 bits per heavy atom. The van der Waals surface area contributed by atoms with Crippen molar-refractivity contribution in [1.29, 1.82) is 0 Å². The number of nitro benzene ring substituents is 1. The largest absolute Gasteiger partial charge is 0.386 e. The predicted molar refractivity (Wildman–Crippen MR) is 86.5 cm³/mol. The van der Waals surface area contributed by atoms with Gasteiger partial charge in [0.15, 0.2) is 0 Å². The number of hydrogen-bond acceptors (Lipinski definition) is 4. The Bertz CT molecular complexity index is 759. The quantitative estimate of drug-likeness (QED) is 0.484. The van der Waals surface area contributed by atoms with E-state index in [0.717, 1.165) is 0 Å². The van der Waals surface area contributed by atoms with Crippen molar-refractivity contribution in [1.82, 2.24) is 5.32 Å². The molecule has 2 aromatic carbocycles. The van der Waals surface area contributed by atoms with Crippen molar-refractivity contribution in [3.05, 3.63) is 81.7 Å². The SMILES string of the molecule is O=C(/C=C/c1ccc([N+](=O)[O-])cc1)NCC(O)c1ccccc1F. The van der Waals surface area contributed by atoms with Crippen molar-refractivity contribution in [2.24, 2.45) is 0 Å². The minimum Gasteiger partial charge on any atom is -0.386 e. The Balaban J connectivity index is 1.88. The van der Waals surface area contributed by atoms with Gasteiger partial charge >= 0.3 is 0 Å². The molecule has 1 unspecified atom stereocenters. The third-order valence-electron chi connectivity index (χ3n) is 3.26. The average Bonchev–Trinajstić information content (AvgIpc) is 2.58. The Hall–Kier alpha value is -3.06. The summed E-state index contributed by atoms with van der Waals surface area (Å²) in [5, 5.41) is 22.9. The van der Waals surface area contributed by atoms with Gasteiger partial charge in [-0.1, -0.05) is 18.2 Å². The van der Waals surface area contributed by atoms with Crippen LogP contribution in [0, 0.1) is 15.9 Å². The molecule has 0 saturated heterocycles. The maximum atomic E-state index is 13.5. The molecule has 1 amide bonds. The molecule has 0 radical (unpaired) electrons. The van der Waals surface area contributed by atoms with Crippen molar-refractivity contribution in [2.75, 3.05) is 6.54 Å². The first-order chi connectivity index (χ1) is 11.5. The Labute approximate surface area is 137 Å². The topological polar surface area (TPSA) is 92.5 Å². The molecule has 0 spiro atoms. The van der Waals surface area contributed by atoms with Gasteiger partial charge in [-0.25, -0.2) is 4.39 Å². The molecular formula is C17H15FN2O4. The van der Waals surface area contributed by atoms with Gasteiger partial charge < -0.3 is 10.4 Å². The maximum absolute atomic E-state index is 13.5. The average molecular weight is 330 g/mol. The molecule has 2 N–H and O–H groups in total. The fraction of sp³-hybridized carbons (Fsp3) is 0.118. The van der Waals surface area contributed by atoms with Crippen molar-refractivity contribution < 1.29 is 19.2 Å². The number of benzene rings is 2. The number of halogens is 1. The first kappa shape index (κ1) is 17.3. The summed E-state index contributed by atoms with van der Waals surface area (Å²) in [4.78, 5) is 21.7. The van der Waals surface area contributed by atoms with Crippen LogP contribution in [0.5, 0.6) is 0 Å². The summed E-state index contributed by atoms with van der Waals surface area (Å²) in [5.74, 6) is -1.01. The molecule has 7 heteroatoms. The van der Waals surface area contributed by atoms with Crippen molar-refractivity contribution in [2.45, 2.75) is 6.10 Å². The normalized spacial score (nSPS) is 12.1. The highest BCUT2D eigenvalue weighted by atomic mass is 19.1. The smallest absolute Gasteiger partial charge is 0.269 e. The highest BCUT2D eigenvalue weighted by Crippen LogP contribution is 2.16. The number of nitrogens with zero attached hydrogens (tertiary/aromatic N) is 1. The lowest BCUT2D eigenvalue weighted by Gasteiger charge is -2.12. The van der Waals surface area contributed by atoms with Crippen LogP contribution in [0.3, 0.4) is 0 Å². The number of carbonyl (C=O) groups excluding carboxylic acids is 1. The molecule has 124 valence electrons. The molecule has 0 fully saturated rings. The Morgan fingerprint density at radius 3 is 2.54 bits per heavy atom. The molecule has 2 rings (SSSR count). The van der Waals surface area contributed by atoms with Crippen LogP contribution in [0.1, 0.15) is 17.2 Å². The van der Waals surface area contributed by atoms with E-state index in [1.54, 1.807) is 6.07 Å². The Kier molecular flexibility index (Phi) is 5.75. The third kappa shape index (κ3) is 4.72. The number of hydrogen-bond donors (Lipinski definition) is 2. The molecule has 0 aliphatic heterocycles. The van der Waals surface area contributed by atoms with Crippen molar-refractivity contribution in [3.63, 3.8) is 0 Å². The van der Waals surface area contributed by atoms with E-state index in [2.05, 4.69) is 5.32 Å². The van der Waals surface area contributed by atoms with Gasteiger partial charge in [0.05, 0.1) is 11.0 Å². The molecule has 0 aromatic heterocycles. The summed E-state index contributed by atoms with van der Waals surface area (Å²) in [5.41, 5.74) is 0.687. The van der Waals surface area contributed by atoms with Crippen LogP contribution in [0.15, 0.2) is 54.6 Å². The molecule has 24 heavy (non-hydrogen) atoms. The van der Waals surface area contributed by atoms with Gasteiger partial charge in [-0.3, -0.25) is 14.9 Å². The number of amides is 1. The molecule has 6 nitrogen and oxygen atoms in total. The van der Waals surface area contributed by atoms with E-state index in [0.29, 0.717) is 5.56 Å². The van der Waals surface area contributed by atoms with Crippen LogP contribution >= 0.6 is 0 Å². The molecule has 2 aromatic rings. The van der Waals surface area contributed by atoms with Gasteiger partial charge in [0.25, 0.3) is 5.69 Å². The summed E-state index contributed by atoms with van der Waals surface area (Å²) in [6.07, 6.45) is 1.56. The molecule has 0 aliphatic carbocycles. The summed E-state index contributed by atoms with van der Waals surface area (Å²) in [6, 6.07) is 11.5. The number of nitro groups is 1. The zero-order valence-corrected chi connectivity index (χ0v) is 12.6. The predicted octanol–water partition coefficient (Wildman–Crippen LogP) is 2.60. The van der Waals surface area contributed by atoms with Crippen LogP contribution in [-0.4, -0.2) is 22.5 Å². The minimum absolute atomic E-state index is 0.0374. The monoisotopic (exact) mass is 330 g/mol. The maximum Gasteiger partial charge on any atom is 0.269 e. The third-order valence-corrected chi connectivity index (χ3v) is 3.26. The second-order valence-electron chi connectivity index (χ2n) is 4.96. The van der Waals surface area contributed by atoms with E-state index < -0.39 is 22.8 Å². The van der Waals surface area contributed by atoms with E-state index in [4.69, 9.17) is 0 Å². The van der Waals surface area contributed by atoms with Gasteiger partial charge in [-0.05, 0) is 29.8 Å². The second kappa shape index (κ2) is 7.98. The number of aliphatic hydroxyl groups is 1. The van der Waals surface area contributed by atoms with Gasteiger partial charge in [0.1, 0.15) is 5.82 Å². The Morgan fingerprint density at radius 1 is 1.25 bits per heavy atom. The van der Waals surface area contributed by atoms with Gasteiger partial charge in [-0.2, -0.15) is 0 Å². The summed E-state index contributed by atoms with van der Waals surface area (Å²) < 4.78 is 13.5. The lowest BCUT2D eigenvalue weighted by molar-refractivity contribution is -0.384. The molecule has 0 bridgehead atoms. The van der Waals surface area contributed by atoms with E-state index in [9.17, 15) is 24.4 Å². The summed E-state index contributed by atoms with van der Waals surface area (Å²) in [6.45, 7) is -0.135. The van der Waals surface area contributed by atoms with Gasteiger partial charge in [0.2, 0.25) is 5.91 Å². The summed E-state index contributed by atoms with van der Waals surface area (Å²) in [7, 11) is 0. The summed E-state index contributed by atoms with van der Waals surface area (Å²) >= 11 is 0. The molecule has 0 saturated carbocycles. The zero-order valence-electron chi connectivity index (χ0n) is 12.6. The fourth-order valence-electron chi connectivity index (χ4n) is 1.99. The van der Waals surface area contributed by atoms with Gasteiger partial charge in [0, 0.05) is 30.3 Å². The van der Waals surface area contributed by atoms with Crippen LogP contribution in [0.2, 0.25) is 0 Å². The lowest BCUT2D eigenvalue weighted by atomic mass is 10.1. The molecular weight excluding hydrogens is 315 g/mol. The molecule has 1 atom stereocenters. The van der Waals surface area contributed by atoms with Crippen LogP contribution < -0.4 is 5.32 Å². The lowest BCUT2D eigenvalue weighted by Crippen LogP contribution is -2.27. The number of non-ortho nitro benzene ring substituents is 1. The van der Waals surface area contributed by atoms with Crippen LogP contribution in [-0.2, 0) is 4.79 Å². The van der Waals surface area contributed by atoms with E-state index in [-0.39, 0.29) is 17.8 Å². The minimum atomic E-state index is -1.15. The number of nitrogens with one attached hydrogen (secondary N) is 1. The van der Waals surface area contributed by atoms with E-state index in [1.807, 2.05) is 0 Å². The fourth-order valence-corrected chi connectivity index (χ4v) is 1.99.